The molecule has 2 heteroatoms. The molecule has 0 saturated heterocycles. The van der Waals surface area contributed by atoms with Gasteiger partial charge in [-0.25, -0.2) is 0 Å². The Labute approximate surface area is 84.8 Å². The fraction of sp³-hybridized carbons (Fsp3) is 0.500. The molecule has 14 heavy (non-hydrogen) atoms. The SMILES string of the molecule is NC(C1=CCCCCC1)c1ccco1. The smallest absolute Gasteiger partial charge is 0.124 e. The average Bonchev–Trinajstić information content (AvgIpc) is 2.59. The molecule has 2 nitrogen and oxygen atoms in total. The molecular weight excluding hydrogens is 174 g/mol. The van der Waals surface area contributed by atoms with Crippen LogP contribution in [-0.4, -0.2) is 0 Å². The Hall–Kier alpha value is -1.02. The number of nitrogens with two attached hydrogens (primary N) is 1. The molecule has 0 amide bonds. The summed E-state index contributed by atoms with van der Waals surface area (Å²) in [5.74, 6) is 0.887. The van der Waals surface area contributed by atoms with Gasteiger partial charge in [-0.3, -0.25) is 0 Å². The van der Waals surface area contributed by atoms with Gasteiger partial charge < -0.3 is 10.2 Å². The highest BCUT2D eigenvalue weighted by Crippen LogP contribution is 2.27. The number of hydrogen-bond acceptors (Lipinski definition) is 2. The Morgan fingerprint density at radius 1 is 1.29 bits per heavy atom. The maximum absolute atomic E-state index is 6.12. The van der Waals surface area contributed by atoms with Gasteiger partial charge in [-0.15, -0.1) is 0 Å². The van der Waals surface area contributed by atoms with Crippen molar-refractivity contribution in [1.29, 1.82) is 0 Å². The normalized spacial score (nSPS) is 19.9. The first kappa shape index (κ1) is 9.53. The van der Waals surface area contributed by atoms with Crippen LogP contribution < -0.4 is 5.73 Å². The molecule has 0 saturated carbocycles. The lowest BCUT2D eigenvalue weighted by Crippen LogP contribution is -2.12. The van der Waals surface area contributed by atoms with Crippen molar-refractivity contribution in [2.24, 2.45) is 5.73 Å². The molecule has 1 aliphatic rings. The Kier molecular flexibility index (Phi) is 3.04. The minimum atomic E-state index is -0.0249. The minimum absolute atomic E-state index is 0.0249. The van der Waals surface area contributed by atoms with E-state index in [4.69, 9.17) is 10.2 Å². The monoisotopic (exact) mass is 191 g/mol. The topological polar surface area (TPSA) is 39.2 Å². The molecule has 0 spiro atoms. The number of furan rings is 1. The van der Waals surface area contributed by atoms with Crippen molar-refractivity contribution in [2.45, 2.75) is 38.1 Å². The molecule has 1 heterocycles. The lowest BCUT2D eigenvalue weighted by molar-refractivity contribution is 0.482. The largest absolute Gasteiger partial charge is 0.467 e. The summed E-state index contributed by atoms with van der Waals surface area (Å²) >= 11 is 0. The van der Waals surface area contributed by atoms with E-state index in [1.54, 1.807) is 6.26 Å². The van der Waals surface area contributed by atoms with Gasteiger partial charge in [0.05, 0.1) is 12.3 Å². The summed E-state index contributed by atoms with van der Waals surface area (Å²) in [4.78, 5) is 0. The van der Waals surface area contributed by atoms with Gasteiger partial charge in [-0.1, -0.05) is 12.5 Å². The van der Waals surface area contributed by atoms with E-state index >= 15 is 0 Å². The third kappa shape index (κ3) is 2.07. The van der Waals surface area contributed by atoms with Gasteiger partial charge in [0.2, 0.25) is 0 Å². The Morgan fingerprint density at radius 2 is 2.21 bits per heavy atom. The van der Waals surface area contributed by atoms with Crippen molar-refractivity contribution in [3.05, 3.63) is 35.8 Å². The standard InChI is InChI=1S/C12H17NO/c13-12(11-8-5-9-14-11)10-6-3-1-2-4-7-10/h5-6,8-9,12H,1-4,7,13H2. The van der Waals surface area contributed by atoms with Gasteiger partial charge in [0.25, 0.3) is 0 Å². The quantitative estimate of drug-likeness (QED) is 0.729. The summed E-state index contributed by atoms with van der Waals surface area (Å²) in [6, 6.07) is 3.83. The molecule has 0 aromatic carbocycles. The molecule has 0 aliphatic heterocycles. The summed E-state index contributed by atoms with van der Waals surface area (Å²) in [5.41, 5.74) is 7.47. The molecule has 1 aliphatic carbocycles. The van der Waals surface area contributed by atoms with Crippen LogP contribution in [0.3, 0.4) is 0 Å². The maximum Gasteiger partial charge on any atom is 0.124 e. The second-order valence-electron chi connectivity index (χ2n) is 3.87. The summed E-state index contributed by atoms with van der Waals surface area (Å²) in [7, 11) is 0. The van der Waals surface area contributed by atoms with Crippen molar-refractivity contribution < 1.29 is 4.42 Å². The van der Waals surface area contributed by atoms with Crippen LogP contribution in [0.4, 0.5) is 0 Å². The van der Waals surface area contributed by atoms with Gasteiger partial charge in [0.1, 0.15) is 5.76 Å². The van der Waals surface area contributed by atoms with Gasteiger partial charge in [0.15, 0.2) is 0 Å². The molecule has 0 radical (unpaired) electrons. The first-order valence-electron chi connectivity index (χ1n) is 5.36. The molecule has 1 aromatic heterocycles. The lowest BCUT2D eigenvalue weighted by Gasteiger charge is -2.12. The van der Waals surface area contributed by atoms with E-state index in [1.165, 1.54) is 31.3 Å². The molecular formula is C12H17NO. The highest BCUT2D eigenvalue weighted by molar-refractivity contribution is 5.20. The van der Waals surface area contributed by atoms with Crippen molar-refractivity contribution in [3.63, 3.8) is 0 Å². The van der Waals surface area contributed by atoms with E-state index in [1.807, 2.05) is 12.1 Å². The van der Waals surface area contributed by atoms with Crippen LogP contribution in [0.2, 0.25) is 0 Å². The lowest BCUT2D eigenvalue weighted by atomic mass is 10.0. The third-order valence-electron chi connectivity index (χ3n) is 2.83. The zero-order valence-corrected chi connectivity index (χ0v) is 8.41. The second-order valence-corrected chi connectivity index (χ2v) is 3.87. The van der Waals surface area contributed by atoms with E-state index in [2.05, 4.69) is 6.08 Å². The molecule has 2 N–H and O–H groups in total. The molecule has 0 fully saturated rings. The molecule has 0 bridgehead atoms. The summed E-state index contributed by atoms with van der Waals surface area (Å²) in [6.07, 6.45) is 10.2. The molecule has 76 valence electrons. The number of hydrogen-bond donors (Lipinski definition) is 1. The van der Waals surface area contributed by atoms with Crippen molar-refractivity contribution in [1.82, 2.24) is 0 Å². The van der Waals surface area contributed by atoms with Crippen molar-refractivity contribution in [3.8, 4) is 0 Å². The van der Waals surface area contributed by atoms with Crippen LogP contribution in [0.1, 0.15) is 43.9 Å². The second kappa shape index (κ2) is 4.47. The first-order chi connectivity index (χ1) is 6.88. The third-order valence-corrected chi connectivity index (χ3v) is 2.83. The number of rotatable bonds is 2. The Morgan fingerprint density at radius 3 is 3.00 bits per heavy atom. The van der Waals surface area contributed by atoms with Crippen LogP contribution in [0.15, 0.2) is 34.5 Å². The van der Waals surface area contributed by atoms with Crippen LogP contribution in [0.25, 0.3) is 0 Å². The molecule has 2 rings (SSSR count). The predicted octanol–water partition coefficient (Wildman–Crippen LogP) is 3.17. The van der Waals surface area contributed by atoms with Crippen LogP contribution >= 0.6 is 0 Å². The first-order valence-corrected chi connectivity index (χ1v) is 5.36. The van der Waals surface area contributed by atoms with Gasteiger partial charge in [-0.05, 0) is 43.4 Å². The zero-order chi connectivity index (χ0) is 9.80. The Bertz CT molecular complexity index is 300. The van der Waals surface area contributed by atoms with E-state index in [-0.39, 0.29) is 6.04 Å². The maximum atomic E-state index is 6.12. The highest BCUT2D eigenvalue weighted by atomic mass is 16.3. The van der Waals surface area contributed by atoms with Crippen LogP contribution in [0, 0.1) is 0 Å². The van der Waals surface area contributed by atoms with Gasteiger partial charge >= 0.3 is 0 Å². The van der Waals surface area contributed by atoms with E-state index in [9.17, 15) is 0 Å². The van der Waals surface area contributed by atoms with Crippen molar-refractivity contribution >= 4 is 0 Å². The van der Waals surface area contributed by atoms with Crippen LogP contribution in [0.5, 0.6) is 0 Å². The summed E-state index contributed by atoms with van der Waals surface area (Å²) < 4.78 is 5.32. The molecule has 1 atom stereocenters. The van der Waals surface area contributed by atoms with E-state index in [0.717, 1.165) is 12.2 Å². The van der Waals surface area contributed by atoms with Crippen molar-refractivity contribution in [2.75, 3.05) is 0 Å². The molecule has 1 unspecified atom stereocenters. The Balaban J connectivity index is 2.10. The molecule has 1 aromatic rings. The summed E-state index contributed by atoms with van der Waals surface area (Å²) in [6.45, 7) is 0. The van der Waals surface area contributed by atoms with Gasteiger partial charge in [-0.2, -0.15) is 0 Å². The zero-order valence-electron chi connectivity index (χ0n) is 8.41. The fourth-order valence-corrected chi connectivity index (χ4v) is 1.97. The highest BCUT2D eigenvalue weighted by Gasteiger charge is 2.15. The van der Waals surface area contributed by atoms with Gasteiger partial charge in [0, 0.05) is 0 Å². The average molecular weight is 191 g/mol. The minimum Gasteiger partial charge on any atom is -0.467 e. The van der Waals surface area contributed by atoms with E-state index < -0.39 is 0 Å². The fourth-order valence-electron chi connectivity index (χ4n) is 1.97. The number of allylic oxidation sites excluding steroid dienone is 1. The van der Waals surface area contributed by atoms with E-state index in [0.29, 0.717) is 0 Å². The summed E-state index contributed by atoms with van der Waals surface area (Å²) in [5, 5.41) is 0. The van der Waals surface area contributed by atoms with Crippen LogP contribution in [-0.2, 0) is 0 Å². The predicted molar refractivity (Wildman–Crippen MR) is 56.8 cm³/mol.